The molecular formula is C15H21NO3S. The van der Waals surface area contributed by atoms with Gasteiger partial charge >= 0.3 is 5.97 Å². The molecular weight excluding hydrogens is 274 g/mol. The number of esters is 1. The van der Waals surface area contributed by atoms with Crippen LogP contribution in [0.3, 0.4) is 0 Å². The SMILES string of the molecule is CC(OC(=O)c1ccsc1)C(=O)NC1CCCCC1C. The molecule has 1 aliphatic rings. The molecule has 20 heavy (non-hydrogen) atoms. The maximum atomic E-state index is 12.1. The lowest BCUT2D eigenvalue weighted by molar-refractivity contribution is -0.130. The summed E-state index contributed by atoms with van der Waals surface area (Å²) in [5, 5.41) is 6.53. The van der Waals surface area contributed by atoms with E-state index in [0.717, 1.165) is 19.3 Å². The van der Waals surface area contributed by atoms with Gasteiger partial charge < -0.3 is 10.1 Å². The summed E-state index contributed by atoms with van der Waals surface area (Å²) >= 11 is 1.43. The zero-order valence-electron chi connectivity index (χ0n) is 11.9. The van der Waals surface area contributed by atoms with Crippen molar-refractivity contribution in [3.05, 3.63) is 22.4 Å². The molecule has 0 aromatic carbocycles. The molecule has 1 aromatic heterocycles. The Morgan fingerprint density at radius 3 is 2.80 bits per heavy atom. The number of thiophene rings is 1. The van der Waals surface area contributed by atoms with E-state index in [0.29, 0.717) is 11.5 Å². The molecule has 1 aliphatic carbocycles. The second kappa shape index (κ2) is 6.88. The normalized spacial score (nSPS) is 23.9. The first-order valence-corrected chi connectivity index (χ1v) is 8.05. The van der Waals surface area contributed by atoms with Gasteiger partial charge in [-0.25, -0.2) is 4.79 Å². The van der Waals surface area contributed by atoms with E-state index >= 15 is 0 Å². The predicted octanol–water partition coefficient (Wildman–Crippen LogP) is 2.99. The summed E-state index contributed by atoms with van der Waals surface area (Å²) in [5.74, 6) is -0.148. The summed E-state index contributed by atoms with van der Waals surface area (Å²) in [6, 6.07) is 1.90. The minimum atomic E-state index is -0.753. The number of rotatable bonds is 4. The lowest BCUT2D eigenvalue weighted by atomic mass is 9.86. The van der Waals surface area contributed by atoms with Gasteiger partial charge in [0.25, 0.3) is 5.91 Å². The number of carbonyl (C=O) groups is 2. The van der Waals surface area contributed by atoms with Gasteiger partial charge in [-0.2, -0.15) is 11.3 Å². The molecule has 1 N–H and O–H groups in total. The monoisotopic (exact) mass is 295 g/mol. The van der Waals surface area contributed by atoms with Crippen LogP contribution >= 0.6 is 11.3 Å². The van der Waals surface area contributed by atoms with Gasteiger partial charge in [0.1, 0.15) is 0 Å². The summed E-state index contributed by atoms with van der Waals surface area (Å²) in [6.45, 7) is 3.78. The summed E-state index contributed by atoms with van der Waals surface area (Å²) in [4.78, 5) is 23.9. The smallest absolute Gasteiger partial charge is 0.339 e. The van der Waals surface area contributed by atoms with Crippen LogP contribution in [0.4, 0.5) is 0 Å². The summed E-state index contributed by atoms with van der Waals surface area (Å²) in [5.41, 5.74) is 0.501. The second-order valence-corrected chi connectivity index (χ2v) is 6.22. The Balaban J connectivity index is 1.84. The minimum absolute atomic E-state index is 0.202. The third-order valence-corrected chi connectivity index (χ3v) is 4.53. The van der Waals surface area contributed by atoms with Crippen LogP contribution in [0.2, 0.25) is 0 Å². The van der Waals surface area contributed by atoms with Crippen LogP contribution in [0.5, 0.6) is 0 Å². The van der Waals surface area contributed by atoms with E-state index in [1.807, 2.05) is 5.38 Å². The quantitative estimate of drug-likeness (QED) is 0.869. The first-order valence-electron chi connectivity index (χ1n) is 7.11. The molecule has 1 saturated carbocycles. The first-order chi connectivity index (χ1) is 9.58. The van der Waals surface area contributed by atoms with Gasteiger partial charge in [0, 0.05) is 11.4 Å². The number of hydrogen-bond donors (Lipinski definition) is 1. The highest BCUT2D eigenvalue weighted by Gasteiger charge is 2.26. The maximum Gasteiger partial charge on any atom is 0.339 e. The van der Waals surface area contributed by atoms with Crippen LogP contribution in [0.1, 0.15) is 49.9 Å². The molecule has 1 aromatic rings. The highest BCUT2D eigenvalue weighted by atomic mass is 32.1. The molecule has 0 radical (unpaired) electrons. The van der Waals surface area contributed by atoms with Gasteiger partial charge in [0.2, 0.25) is 0 Å². The van der Waals surface area contributed by atoms with Crippen molar-refractivity contribution in [3.8, 4) is 0 Å². The van der Waals surface area contributed by atoms with Crippen LogP contribution in [-0.2, 0) is 9.53 Å². The fraction of sp³-hybridized carbons (Fsp3) is 0.600. The third-order valence-electron chi connectivity index (χ3n) is 3.85. The van der Waals surface area contributed by atoms with Gasteiger partial charge in [0.05, 0.1) is 5.56 Å². The van der Waals surface area contributed by atoms with Gasteiger partial charge in [0.15, 0.2) is 6.10 Å². The van der Waals surface area contributed by atoms with Crippen LogP contribution < -0.4 is 5.32 Å². The Bertz CT molecular complexity index is 458. The van der Waals surface area contributed by atoms with E-state index in [1.165, 1.54) is 17.8 Å². The molecule has 110 valence electrons. The fourth-order valence-electron chi connectivity index (χ4n) is 2.49. The Morgan fingerprint density at radius 2 is 2.15 bits per heavy atom. The maximum absolute atomic E-state index is 12.1. The van der Waals surface area contributed by atoms with E-state index in [1.54, 1.807) is 18.4 Å². The summed E-state index contributed by atoms with van der Waals surface area (Å²) < 4.78 is 5.19. The molecule has 3 atom stereocenters. The van der Waals surface area contributed by atoms with Crippen LogP contribution in [0, 0.1) is 5.92 Å². The molecule has 0 bridgehead atoms. The molecule has 1 amide bonds. The van der Waals surface area contributed by atoms with E-state index in [9.17, 15) is 9.59 Å². The van der Waals surface area contributed by atoms with E-state index < -0.39 is 12.1 Å². The fourth-order valence-corrected chi connectivity index (χ4v) is 3.12. The molecule has 5 heteroatoms. The van der Waals surface area contributed by atoms with Crippen molar-refractivity contribution < 1.29 is 14.3 Å². The minimum Gasteiger partial charge on any atom is -0.449 e. The Labute approximate surface area is 123 Å². The van der Waals surface area contributed by atoms with Gasteiger partial charge in [-0.1, -0.05) is 19.8 Å². The lowest BCUT2D eigenvalue weighted by Gasteiger charge is -2.30. The number of amides is 1. The van der Waals surface area contributed by atoms with Gasteiger partial charge in [-0.3, -0.25) is 4.79 Å². The van der Waals surface area contributed by atoms with E-state index in [-0.39, 0.29) is 11.9 Å². The second-order valence-electron chi connectivity index (χ2n) is 5.44. The predicted molar refractivity (Wildman–Crippen MR) is 78.8 cm³/mol. The Morgan fingerprint density at radius 1 is 1.40 bits per heavy atom. The average Bonchev–Trinajstić information content (AvgIpc) is 2.95. The van der Waals surface area contributed by atoms with Gasteiger partial charge in [-0.05, 0) is 37.1 Å². The number of carbonyl (C=O) groups excluding carboxylic acids is 2. The zero-order chi connectivity index (χ0) is 14.5. The molecule has 2 rings (SSSR count). The molecule has 1 heterocycles. The highest BCUT2D eigenvalue weighted by molar-refractivity contribution is 7.08. The lowest BCUT2D eigenvalue weighted by Crippen LogP contribution is -2.45. The molecule has 0 aliphatic heterocycles. The molecule has 0 spiro atoms. The van der Waals surface area contributed by atoms with Crippen molar-refractivity contribution in [2.24, 2.45) is 5.92 Å². The molecule has 0 saturated heterocycles. The topological polar surface area (TPSA) is 55.4 Å². The van der Waals surface area contributed by atoms with Crippen molar-refractivity contribution in [1.82, 2.24) is 5.32 Å². The van der Waals surface area contributed by atoms with Crippen LogP contribution in [0.25, 0.3) is 0 Å². The first kappa shape index (κ1) is 15.0. The third kappa shape index (κ3) is 3.82. The number of ether oxygens (including phenoxy) is 1. The highest BCUT2D eigenvalue weighted by Crippen LogP contribution is 2.23. The van der Waals surface area contributed by atoms with E-state index in [4.69, 9.17) is 4.74 Å². The van der Waals surface area contributed by atoms with Gasteiger partial charge in [-0.15, -0.1) is 0 Å². The molecule has 4 nitrogen and oxygen atoms in total. The zero-order valence-corrected chi connectivity index (χ0v) is 12.7. The van der Waals surface area contributed by atoms with Crippen molar-refractivity contribution in [1.29, 1.82) is 0 Å². The Hall–Kier alpha value is -1.36. The Kier molecular flexibility index (Phi) is 5.17. The largest absolute Gasteiger partial charge is 0.449 e. The molecule has 3 unspecified atom stereocenters. The molecule has 1 fully saturated rings. The van der Waals surface area contributed by atoms with Crippen LogP contribution in [0.15, 0.2) is 16.8 Å². The van der Waals surface area contributed by atoms with E-state index in [2.05, 4.69) is 12.2 Å². The number of hydrogen-bond acceptors (Lipinski definition) is 4. The standard InChI is InChI=1S/C15H21NO3S/c1-10-5-3-4-6-13(10)16-14(17)11(2)19-15(18)12-7-8-20-9-12/h7-11,13H,3-6H2,1-2H3,(H,16,17). The number of nitrogens with one attached hydrogen (secondary N) is 1. The summed E-state index contributed by atoms with van der Waals surface area (Å²) in [7, 11) is 0. The van der Waals surface area contributed by atoms with Crippen LogP contribution in [-0.4, -0.2) is 24.0 Å². The van der Waals surface area contributed by atoms with Crippen molar-refractivity contribution in [2.45, 2.75) is 51.7 Å². The van der Waals surface area contributed by atoms with Crippen molar-refractivity contribution in [2.75, 3.05) is 0 Å². The average molecular weight is 295 g/mol. The summed E-state index contributed by atoms with van der Waals surface area (Å²) in [6.07, 6.45) is 3.79. The van der Waals surface area contributed by atoms with Crippen molar-refractivity contribution in [3.63, 3.8) is 0 Å². The van der Waals surface area contributed by atoms with Crippen molar-refractivity contribution >= 4 is 23.2 Å².